The van der Waals surface area contributed by atoms with Crippen molar-refractivity contribution in [1.29, 1.82) is 0 Å². The normalized spacial score (nSPS) is 10.3. The fourth-order valence-corrected chi connectivity index (χ4v) is 2.88. The minimum absolute atomic E-state index is 0.239. The van der Waals surface area contributed by atoms with Gasteiger partial charge in [0.1, 0.15) is 5.69 Å². The van der Waals surface area contributed by atoms with Gasteiger partial charge >= 0.3 is 0 Å². The Morgan fingerprint density at radius 3 is 2.41 bits per heavy atom. The molecule has 0 spiro atoms. The number of nitrogens with zero attached hydrogens (tertiary/aromatic N) is 1. The highest BCUT2D eigenvalue weighted by molar-refractivity contribution is 6.03. The molecule has 0 aliphatic rings. The molecule has 1 amide bonds. The molecule has 3 aromatic rings. The number of hydrogen-bond acceptors (Lipinski definition) is 5. The lowest BCUT2D eigenvalue weighted by Crippen LogP contribution is -2.14. The standard InChI is InChI=1S/C23H25N3O3/c1-16-4-7-18(8-5-16)26-23(27)20-15-19(11-13-25-20)24-12-10-17-6-9-21(28-2)22(14-17)29-3/h4-9,11,13-15H,10,12H2,1-3H3,(H,24,25)(H,26,27). The lowest BCUT2D eigenvalue weighted by molar-refractivity contribution is 0.102. The topological polar surface area (TPSA) is 72.5 Å². The Hall–Kier alpha value is -3.54. The molecule has 0 saturated heterocycles. The Morgan fingerprint density at radius 1 is 0.931 bits per heavy atom. The van der Waals surface area contributed by atoms with Crippen molar-refractivity contribution in [2.24, 2.45) is 0 Å². The predicted octanol–water partition coefficient (Wildman–Crippen LogP) is 4.31. The predicted molar refractivity (Wildman–Crippen MR) is 115 cm³/mol. The molecule has 0 saturated carbocycles. The van der Waals surface area contributed by atoms with E-state index < -0.39 is 0 Å². The number of amides is 1. The van der Waals surface area contributed by atoms with Crippen LogP contribution in [0, 0.1) is 6.92 Å². The Bertz CT molecular complexity index is 971. The molecule has 150 valence electrons. The van der Waals surface area contributed by atoms with Gasteiger partial charge in [-0.05, 0) is 55.3 Å². The first-order chi connectivity index (χ1) is 14.1. The fraction of sp³-hybridized carbons (Fsp3) is 0.217. The van der Waals surface area contributed by atoms with Crippen molar-refractivity contribution in [1.82, 2.24) is 4.98 Å². The van der Waals surface area contributed by atoms with E-state index in [0.29, 0.717) is 23.7 Å². The number of carbonyl (C=O) groups excluding carboxylic acids is 1. The number of anilines is 2. The average molecular weight is 391 g/mol. The first-order valence-corrected chi connectivity index (χ1v) is 9.38. The summed E-state index contributed by atoms with van der Waals surface area (Å²) in [5.74, 6) is 1.18. The van der Waals surface area contributed by atoms with Crippen LogP contribution in [0.15, 0.2) is 60.8 Å². The molecular formula is C23H25N3O3. The second kappa shape index (κ2) is 9.59. The van der Waals surface area contributed by atoms with Crippen molar-refractivity contribution < 1.29 is 14.3 Å². The van der Waals surface area contributed by atoms with Gasteiger partial charge in [-0.3, -0.25) is 9.78 Å². The van der Waals surface area contributed by atoms with Crippen LogP contribution >= 0.6 is 0 Å². The van der Waals surface area contributed by atoms with E-state index in [9.17, 15) is 4.79 Å². The van der Waals surface area contributed by atoms with Gasteiger partial charge in [0.2, 0.25) is 0 Å². The van der Waals surface area contributed by atoms with Gasteiger partial charge in [-0.1, -0.05) is 23.8 Å². The number of ether oxygens (including phenoxy) is 2. The first-order valence-electron chi connectivity index (χ1n) is 9.38. The molecule has 0 bridgehead atoms. The summed E-state index contributed by atoms with van der Waals surface area (Å²) in [7, 11) is 3.25. The van der Waals surface area contributed by atoms with Crippen LogP contribution in [0.3, 0.4) is 0 Å². The molecule has 6 heteroatoms. The molecule has 0 aliphatic heterocycles. The van der Waals surface area contributed by atoms with Crippen LogP contribution in [-0.4, -0.2) is 31.7 Å². The number of hydrogen-bond donors (Lipinski definition) is 2. The van der Waals surface area contributed by atoms with Crippen molar-refractivity contribution in [3.05, 3.63) is 77.6 Å². The highest BCUT2D eigenvalue weighted by atomic mass is 16.5. The molecule has 6 nitrogen and oxygen atoms in total. The second-order valence-electron chi connectivity index (χ2n) is 6.62. The van der Waals surface area contributed by atoms with Crippen molar-refractivity contribution in [2.45, 2.75) is 13.3 Å². The summed E-state index contributed by atoms with van der Waals surface area (Å²) in [6, 6.07) is 17.1. The molecule has 1 heterocycles. The lowest BCUT2D eigenvalue weighted by atomic mass is 10.1. The molecule has 29 heavy (non-hydrogen) atoms. The molecular weight excluding hydrogens is 366 g/mol. The summed E-state index contributed by atoms with van der Waals surface area (Å²) in [6.45, 7) is 2.71. The van der Waals surface area contributed by atoms with Gasteiger partial charge in [-0.2, -0.15) is 0 Å². The van der Waals surface area contributed by atoms with E-state index in [2.05, 4.69) is 15.6 Å². The quantitative estimate of drug-likeness (QED) is 0.598. The molecule has 0 fully saturated rings. The number of aromatic nitrogens is 1. The maximum atomic E-state index is 12.5. The van der Waals surface area contributed by atoms with Crippen LogP contribution < -0.4 is 20.1 Å². The Morgan fingerprint density at radius 2 is 1.69 bits per heavy atom. The van der Waals surface area contributed by atoms with Gasteiger partial charge in [0.25, 0.3) is 5.91 Å². The van der Waals surface area contributed by atoms with Gasteiger partial charge in [0, 0.05) is 24.1 Å². The Labute approximate surface area is 170 Å². The monoisotopic (exact) mass is 391 g/mol. The van der Waals surface area contributed by atoms with Crippen LogP contribution in [0.1, 0.15) is 21.6 Å². The number of nitrogens with one attached hydrogen (secondary N) is 2. The molecule has 0 aliphatic carbocycles. The third-order valence-electron chi connectivity index (χ3n) is 4.49. The van der Waals surface area contributed by atoms with E-state index in [0.717, 1.165) is 28.9 Å². The fourth-order valence-electron chi connectivity index (χ4n) is 2.88. The van der Waals surface area contributed by atoms with Crippen LogP contribution in [0.4, 0.5) is 11.4 Å². The second-order valence-corrected chi connectivity index (χ2v) is 6.62. The third kappa shape index (κ3) is 5.48. The van der Waals surface area contributed by atoms with Crippen LogP contribution in [-0.2, 0) is 6.42 Å². The third-order valence-corrected chi connectivity index (χ3v) is 4.49. The summed E-state index contributed by atoms with van der Waals surface area (Å²) in [6.07, 6.45) is 2.43. The van der Waals surface area contributed by atoms with Crippen molar-refractivity contribution in [2.75, 3.05) is 31.4 Å². The molecule has 0 atom stereocenters. The number of pyridine rings is 1. The number of carbonyl (C=O) groups is 1. The number of benzene rings is 2. The van der Waals surface area contributed by atoms with Gasteiger partial charge in [0.15, 0.2) is 11.5 Å². The first kappa shape index (κ1) is 20.2. The molecule has 2 N–H and O–H groups in total. The largest absolute Gasteiger partial charge is 0.493 e. The molecule has 3 rings (SSSR count). The molecule has 0 radical (unpaired) electrons. The van der Waals surface area contributed by atoms with E-state index in [4.69, 9.17) is 9.47 Å². The Balaban J connectivity index is 1.58. The van der Waals surface area contributed by atoms with E-state index in [1.807, 2.05) is 55.5 Å². The zero-order valence-corrected chi connectivity index (χ0v) is 16.9. The highest BCUT2D eigenvalue weighted by Crippen LogP contribution is 2.27. The molecule has 1 aromatic heterocycles. The zero-order valence-electron chi connectivity index (χ0n) is 16.9. The van der Waals surface area contributed by atoms with E-state index >= 15 is 0 Å². The van der Waals surface area contributed by atoms with E-state index in [1.165, 1.54) is 0 Å². The van der Waals surface area contributed by atoms with Crippen LogP contribution in [0.25, 0.3) is 0 Å². The number of rotatable bonds is 8. The zero-order chi connectivity index (χ0) is 20.6. The SMILES string of the molecule is COc1ccc(CCNc2ccnc(C(=O)Nc3ccc(C)cc3)c2)cc1OC. The molecule has 0 unspecified atom stereocenters. The summed E-state index contributed by atoms with van der Waals surface area (Å²) < 4.78 is 10.6. The van der Waals surface area contributed by atoms with Crippen molar-refractivity contribution in [3.63, 3.8) is 0 Å². The highest BCUT2D eigenvalue weighted by Gasteiger charge is 2.09. The van der Waals surface area contributed by atoms with Gasteiger partial charge in [-0.25, -0.2) is 0 Å². The van der Waals surface area contributed by atoms with E-state index in [1.54, 1.807) is 26.5 Å². The van der Waals surface area contributed by atoms with Gasteiger partial charge in [-0.15, -0.1) is 0 Å². The van der Waals surface area contributed by atoms with Crippen molar-refractivity contribution >= 4 is 17.3 Å². The molecule has 2 aromatic carbocycles. The summed E-state index contributed by atoms with van der Waals surface area (Å²) in [5.41, 5.74) is 4.22. The summed E-state index contributed by atoms with van der Waals surface area (Å²) >= 11 is 0. The minimum atomic E-state index is -0.239. The average Bonchev–Trinajstić information content (AvgIpc) is 2.75. The van der Waals surface area contributed by atoms with Crippen LogP contribution in [0.5, 0.6) is 11.5 Å². The Kier molecular flexibility index (Phi) is 6.68. The summed E-state index contributed by atoms with van der Waals surface area (Å²) in [5, 5.41) is 6.20. The van der Waals surface area contributed by atoms with Gasteiger partial charge in [0.05, 0.1) is 14.2 Å². The van der Waals surface area contributed by atoms with Crippen molar-refractivity contribution in [3.8, 4) is 11.5 Å². The maximum absolute atomic E-state index is 12.5. The van der Waals surface area contributed by atoms with E-state index in [-0.39, 0.29) is 5.91 Å². The number of aryl methyl sites for hydroxylation is 1. The number of methoxy groups -OCH3 is 2. The summed E-state index contributed by atoms with van der Waals surface area (Å²) in [4.78, 5) is 16.6. The minimum Gasteiger partial charge on any atom is -0.493 e. The van der Waals surface area contributed by atoms with Crippen LogP contribution in [0.2, 0.25) is 0 Å². The maximum Gasteiger partial charge on any atom is 0.274 e. The van der Waals surface area contributed by atoms with Gasteiger partial charge < -0.3 is 20.1 Å². The smallest absolute Gasteiger partial charge is 0.274 e. The lowest BCUT2D eigenvalue weighted by Gasteiger charge is -2.11.